The normalized spacial score (nSPS) is 11.3. The largest absolute Gasteiger partial charge is 0.296 e. The molecule has 8 heteroatoms. The molecule has 140 valence electrons. The molecule has 0 atom stereocenters. The maximum absolute atomic E-state index is 12.4. The van der Waals surface area contributed by atoms with Crippen LogP contribution in [-0.4, -0.2) is 30.3 Å². The molecule has 1 aromatic heterocycles. The molecule has 0 aliphatic rings. The van der Waals surface area contributed by atoms with E-state index in [1.807, 2.05) is 26.0 Å². The van der Waals surface area contributed by atoms with E-state index in [9.17, 15) is 13.2 Å². The summed E-state index contributed by atoms with van der Waals surface area (Å²) in [5.74, 6) is -0.329. The average Bonchev–Trinajstić information content (AvgIpc) is 3.08. The second-order valence-corrected chi connectivity index (χ2v) is 9.38. The molecule has 1 N–H and O–H groups in total. The number of amides is 1. The molecule has 0 spiro atoms. The molecule has 1 amide bonds. The quantitative estimate of drug-likeness (QED) is 0.684. The standard InChI is InChI=1S/C19H19N3O3S2/c1-13-6-8-16(9-7-13)27(24,25)11-10-17-21-22-19(26-17)20-18(23)15-5-3-4-14(2)12-15/h3-9,12H,10-11H2,1-2H3,(H,20,22,23). The number of hydrogen-bond acceptors (Lipinski definition) is 6. The number of aromatic nitrogens is 2. The Hall–Kier alpha value is -2.58. The van der Waals surface area contributed by atoms with E-state index in [0.717, 1.165) is 11.1 Å². The van der Waals surface area contributed by atoms with Crippen LogP contribution in [0.25, 0.3) is 0 Å². The summed E-state index contributed by atoms with van der Waals surface area (Å²) < 4.78 is 24.8. The molecule has 0 saturated heterocycles. The van der Waals surface area contributed by atoms with E-state index in [4.69, 9.17) is 0 Å². The molecule has 2 aromatic carbocycles. The van der Waals surface area contributed by atoms with Crippen LogP contribution in [-0.2, 0) is 16.3 Å². The van der Waals surface area contributed by atoms with E-state index in [2.05, 4.69) is 15.5 Å². The zero-order valence-corrected chi connectivity index (χ0v) is 16.6. The minimum absolute atomic E-state index is 0.0590. The van der Waals surface area contributed by atoms with Crippen molar-refractivity contribution < 1.29 is 13.2 Å². The topological polar surface area (TPSA) is 89.0 Å². The second-order valence-electron chi connectivity index (χ2n) is 6.21. The highest BCUT2D eigenvalue weighted by atomic mass is 32.2. The molecule has 0 radical (unpaired) electrons. The predicted octanol–water partition coefficient (Wildman–Crippen LogP) is 3.42. The summed E-state index contributed by atoms with van der Waals surface area (Å²) >= 11 is 1.18. The SMILES string of the molecule is Cc1ccc(S(=O)(=O)CCc2nnc(NC(=O)c3cccc(C)c3)s2)cc1. The van der Waals surface area contributed by atoms with Gasteiger partial charge in [-0.2, -0.15) is 0 Å². The van der Waals surface area contributed by atoms with Gasteiger partial charge in [0.15, 0.2) is 9.84 Å². The number of hydrogen-bond donors (Lipinski definition) is 1. The minimum atomic E-state index is -3.39. The molecule has 3 aromatic rings. The third-order valence-corrected chi connectivity index (χ3v) is 6.56. The van der Waals surface area contributed by atoms with Crippen molar-refractivity contribution in [2.45, 2.75) is 25.2 Å². The first-order valence-electron chi connectivity index (χ1n) is 8.33. The molecule has 0 saturated carbocycles. The Kier molecular flexibility index (Phi) is 5.67. The van der Waals surface area contributed by atoms with Crippen molar-refractivity contribution in [2.75, 3.05) is 11.1 Å². The maximum Gasteiger partial charge on any atom is 0.257 e. The van der Waals surface area contributed by atoms with Crippen molar-refractivity contribution in [3.8, 4) is 0 Å². The third-order valence-electron chi connectivity index (χ3n) is 3.93. The highest BCUT2D eigenvalue weighted by Gasteiger charge is 2.16. The highest BCUT2D eigenvalue weighted by molar-refractivity contribution is 7.91. The Morgan fingerprint density at radius 3 is 2.48 bits per heavy atom. The number of benzene rings is 2. The van der Waals surface area contributed by atoms with Gasteiger partial charge < -0.3 is 0 Å². The van der Waals surface area contributed by atoms with Gasteiger partial charge in [0, 0.05) is 12.0 Å². The van der Waals surface area contributed by atoms with Gasteiger partial charge in [-0.15, -0.1) is 10.2 Å². The average molecular weight is 402 g/mol. The lowest BCUT2D eigenvalue weighted by Crippen LogP contribution is -2.11. The Morgan fingerprint density at radius 2 is 1.78 bits per heavy atom. The van der Waals surface area contributed by atoms with Gasteiger partial charge in [0.05, 0.1) is 10.6 Å². The lowest BCUT2D eigenvalue weighted by atomic mass is 10.1. The first-order chi connectivity index (χ1) is 12.8. The van der Waals surface area contributed by atoms with Crippen LogP contribution < -0.4 is 5.32 Å². The molecular weight excluding hydrogens is 382 g/mol. The summed E-state index contributed by atoms with van der Waals surface area (Å²) in [6.07, 6.45) is 0.244. The van der Waals surface area contributed by atoms with Crippen LogP contribution in [0.4, 0.5) is 5.13 Å². The fourth-order valence-corrected chi connectivity index (χ4v) is 4.56. The van der Waals surface area contributed by atoms with Gasteiger partial charge in [-0.1, -0.05) is 46.7 Å². The predicted molar refractivity (Wildman–Crippen MR) is 106 cm³/mol. The Morgan fingerprint density at radius 1 is 1.04 bits per heavy atom. The highest BCUT2D eigenvalue weighted by Crippen LogP contribution is 2.19. The van der Waals surface area contributed by atoms with Gasteiger partial charge in [0.2, 0.25) is 5.13 Å². The van der Waals surface area contributed by atoms with E-state index >= 15 is 0 Å². The van der Waals surface area contributed by atoms with Crippen molar-refractivity contribution >= 4 is 32.2 Å². The van der Waals surface area contributed by atoms with Crippen LogP contribution in [0.5, 0.6) is 0 Å². The van der Waals surface area contributed by atoms with Crippen molar-refractivity contribution in [2.24, 2.45) is 0 Å². The maximum atomic E-state index is 12.4. The fraction of sp³-hybridized carbons (Fsp3) is 0.211. The molecule has 0 bridgehead atoms. The molecule has 0 aliphatic carbocycles. The summed E-state index contributed by atoms with van der Waals surface area (Å²) in [5.41, 5.74) is 2.53. The Bertz CT molecular complexity index is 1060. The monoisotopic (exact) mass is 401 g/mol. The minimum Gasteiger partial charge on any atom is -0.296 e. The number of rotatable bonds is 6. The Balaban J connectivity index is 1.62. The lowest BCUT2D eigenvalue weighted by molar-refractivity contribution is 0.102. The van der Waals surface area contributed by atoms with Crippen LogP contribution in [0.15, 0.2) is 53.4 Å². The molecule has 6 nitrogen and oxygen atoms in total. The van der Waals surface area contributed by atoms with Crippen molar-refractivity contribution in [3.05, 3.63) is 70.2 Å². The van der Waals surface area contributed by atoms with Gasteiger partial charge >= 0.3 is 0 Å². The number of carbonyl (C=O) groups excluding carboxylic acids is 1. The van der Waals surface area contributed by atoms with Crippen LogP contribution in [0.2, 0.25) is 0 Å². The number of carbonyl (C=O) groups is 1. The first kappa shape index (κ1) is 19.2. The van der Waals surface area contributed by atoms with Gasteiger partial charge in [-0.3, -0.25) is 10.1 Å². The van der Waals surface area contributed by atoms with E-state index in [1.165, 1.54) is 11.3 Å². The van der Waals surface area contributed by atoms with Crippen molar-refractivity contribution in [3.63, 3.8) is 0 Å². The van der Waals surface area contributed by atoms with Gasteiger partial charge in [0.1, 0.15) is 5.01 Å². The third kappa shape index (κ3) is 4.99. The lowest BCUT2D eigenvalue weighted by Gasteiger charge is -2.03. The summed E-state index contributed by atoms with van der Waals surface area (Å²) in [6.45, 7) is 3.82. The number of nitrogens with one attached hydrogen (secondary N) is 1. The number of anilines is 1. The number of aryl methyl sites for hydroxylation is 3. The smallest absolute Gasteiger partial charge is 0.257 e. The zero-order valence-electron chi connectivity index (χ0n) is 15.0. The molecule has 27 heavy (non-hydrogen) atoms. The summed E-state index contributed by atoms with van der Waals surface area (Å²) in [6, 6.07) is 14.0. The molecule has 1 heterocycles. The summed E-state index contributed by atoms with van der Waals surface area (Å²) in [5, 5.41) is 11.5. The van der Waals surface area contributed by atoms with Crippen molar-refractivity contribution in [1.29, 1.82) is 0 Å². The van der Waals surface area contributed by atoms with Crippen molar-refractivity contribution in [1.82, 2.24) is 10.2 Å². The molecule has 0 unspecified atom stereocenters. The second kappa shape index (κ2) is 7.98. The van der Waals surface area contributed by atoms with E-state index in [0.29, 0.717) is 20.6 Å². The number of sulfone groups is 1. The van der Waals surface area contributed by atoms with Crippen LogP contribution >= 0.6 is 11.3 Å². The fourth-order valence-electron chi connectivity index (χ4n) is 2.45. The van der Waals surface area contributed by atoms with E-state index < -0.39 is 9.84 Å². The number of nitrogens with zero attached hydrogens (tertiary/aromatic N) is 2. The summed E-state index contributed by atoms with van der Waals surface area (Å²) in [4.78, 5) is 12.5. The Labute approximate surface area is 162 Å². The summed E-state index contributed by atoms with van der Waals surface area (Å²) in [7, 11) is -3.39. The van der Waals surface area contributed by atoms with E-state index in [-0.39, 0.29) is 18.1 Å². The molecular formula is C19H19N3O3S2. The van der Waals surface area contributed by atoms with Crippen LogP contribution in [0.1, 0.15) is 26.5 Å². The van der Waals surface area contributed by atoms with Gasteiger partial charge in [-0.05, 0) is 38.1 Å². The molecule has 3 rings (SSSR count). The van der Waals surface area contributed by atoms with Crippen LogP contribution in [0.3, 0.4) is 0 Å². The molecule has 0 fully saturated rings. The zero-order chi connectivity index (χ0) is 19.4. The molecule has 0 aliphatic heterocycles. The van der Waals surface area contributed by atoms with Crippen LogP contribution in [0, 0.1) is 13.8 Å². The van der Waals surface area contributed by atoms with Gasteiger partial charge in [-0.25, -0.2) is 8.42 Å². The van der Waals surface area contributed by atoms with Gasteiger partial charge in [0.25, 0.3) is 5.91 Å². The first-order valence-corrected chi connectivity index (χ1v) is 10.8. The van der Waals surface area contributed by atoms with E-state index in [1.54, 1.807) is 36.4 Å².